The lowest BCUT2D eigenvalue weighted by Crippen LogP contribution is -2.23. The Kier molecular flexibility index (Phi) is 3.23. The molecule has 0 radical (unpaired) electrons. The average Bonchev–Trinajstić information content (AvgIpc) is 1.91. The molecule has 0 heterocycles. The summed E-state index contributed by atoms with van der Waals surface area (Å²) in [5, 5.41) is 0. The van der Waals surface area contributed by atoms with E-state index < -0.39 is 0 Å². The van der Waals surface area contributed by atoms with Crippen LogP contribution in [-0.4, -0.2) is 18.5 Å². The van der Waals surface area contributed by atoms with Crippen LogP contribution in [0.25, 0.3) is 0 Å². The van der Waals surface area contributed by atoms with Crippen LogP contribution in [0.2, 0.25) is 0 Å². The fraction of sp³-hybridized carbons (Fsp3) is 0.818. The van der Waals surface area contributed by atoms with Crippen molar-refractivity contribution in [3.8, 4) is 0 Å². The highest BCUT2D eigenvalue weighted by Crippen LogP contribution is 2.24. The van der Waals surface area contributed by atoms with Crippen molar-refractivity contribution in [1.29, 1.82) is 0 Å². The molecule has 0 aromatic carbocycles. The first-order valence-corrected chi connectivity index (χ1v) is 5.03. The first kappa shape index (κ1) is 10.4. The Morgan fingerprint density at radius 1 is 1.46 bits per heavy atom. The lowest BCUT2D eigenvalue weighted by Gasteiger charge is -2.20. The monoisotopic (exact) mass is 181 g/mol. The van der Waals surface area contributed by atoms with Crippen LogP contribution >= 0.6 is 0 Å². The zero-order chi connectivity index (χ0) is 9.90. The minimum atomic E-state index is -0.239. The molecule has 1 fully saturated rings. The van der Waals surface area contributed by atoms with Crippen LogP contribution in [0.5, 0.6) is 0 Å². The molecule has 0 aliphatic heterocycles. The summed E-state index contributed by atoms with van der Waals surface area (Å²) < 4.78 is 0. The standard InChI is InChI=1S/C11H19NO/c1-11(2,3)10(13)8-12-7-9-5-4-6-9/h7,9H,4-6,8H2,1-3H3/b12-7+. The van der Waals surface area contributed by atoms with Gasteiger partial charge < -0.3 is 0 Å². The molecule has 0 unspecified atom stereocenters. The van der Waals surface area contributed by atoms with E-state index in [9.17, 15) is 4.79 Å². The molecule has 0 atom stereocenters. The largest absolute Gasteiger partial charge is 0.297 e. The number of Topliss-reactive ketones (excluding diaryl/α,β-unsaturated/α-hetero) is 1. The third kappa shape index (κ3) is 3.29. The molecule has 0 N–H and O–H groups in total. The van der Waals surface area contributed by atoms with Crippen LogP contribution in [0.3, 0.4) is 0 Å². The van der Waals surface area contributed by atoms with Gasteiger partial charge in [0.25, 0.3) is 0 Å². The van der Waals surface area contributed by atoms with E-state index in [1.165, 1.54) is 19.3 Å². The summed E-state index contributed by atoms with van der Waals surface area (Å²) in [5.74, 6) is 0.885. The number of nitrogens with zero attached hydrogens (tertiary/aromatic N) is 1. The van der Waals surface area contributed by atoms with Gasteiger partial charge in [-0.15, -0.1) is 0 Å². The van der Waals surface area contributed by atoms with Gasteiger partial charge in [-0.3, -0.25) is 9.79 Å². The number of rotatable bonds is 3. The Bertz CT molecular complexity index is 209. The molecule has 0 bridgehead atoms. The van der Waals surface area contributed by atoms with Crippen molar-refractivity contribution in [2.24, 2.45) is 16.3 Å². The minimum Gasteiger partial charge on any atom is -0.297 e. The predicted molar refractivity (Wildman–Crippen MR) is 55.2 cm³/mol. The zero-order valence-corrected chi connectivity index (χ0v) is 8.84. The van der Waals surface area contributed by atoms with Crippen molar-refractivity contribution in [2.45, 2.75) is 40.0 Å². The first-order valence-electron chi connectivity index (χ1n) is 5.03. The summed E-state index contributed by atoms with van der Waals surface area (Å²) in [4.78, 5) is 15.6. The van der Waals surface area contributed by atoms with E-state index in [-0.39, 0.29) is 11.2 Å². The second-order valence-corrected chi connectivity index (χ2v) is 4.85. The Morgan fingerprint density at radius 2 is 2.08 bits per heavy atom. The van der Waals surface area contributed by atoms with Gasteiger partial charge in [0.05, 0.1) is 6.54 Å². The molecule has 74 valence electrons. The molecule has 0 saturated heterocycles. The summed E-state index contributed by atoms with van der Waals surface area (Å²) in [6.45, 7) is 6.18. The third-order valence-corrected chi connectivity index (χ3v) is 2.54. The summed E-state index contributed by atoms with van der Waals surface area (Å²) in [5.41, 5.74) is -0.239. The van der Waals surface area contributed by atoms with E-state index >= 15 is 0 Å². The second kappa shape index (κ2) is 4.03. The molecule has 1 rings (SSSR count). The van der Waals surface area contributed by atoms with Crippen molar-refractivity contribution >= 4 is 12.0 Å². The molecule has 0 amide bonds. The fourth-order valence-corrected chi connectivity index (χ4v) is 1.11. The molecular formula is C11H19NO. The van der Waals surface area contributed by atoms with Crippen molar-refractivity contribution in [3.63, 3.8) is 0 Å². The number of hydrogen-bond donors (Lipinski definition) is 0. The highest BCUT2D eigenvalue weighted by molar-refractivity contribution is 5.86. The molecule has 1 aliphatic rings. The predicted octanol–water partition coefficient (Wildman–Crippen LogP) is 2.47. The number of carbonyl (C=O) groups is 1. The Labute approximate surface area is 80.4 Å². The second-order valence-electron chi connectivity index (χ2n) is 4.85. The molecule has 13 heavy (non-hydrogen) atoms. The third-order valence-electron chi connectivity index (χ3n) is 2.54. The average molecular weight is 181 g/mol. The van der Waals surface area contributed by atoms with Crippen molar-refractivity contribution in [1.82, 2.24) is 0 Å². The molecule has 2 nitrogen and oxygen atoms in total. The molecule has 0 spiro atoms. The van der Waals surface area contributed by atoms with Crippen LogP contribution in [-0.2, 0) is 4.79 Å². The Morgan fingerprint density at radius 3 is 2.46 bits per heavy atom. The highest BCUT2D eigenvalue weighted by Gasteiger charge is 2.20. The summed E-state index contributed by atoms with van der Waals surface area (Å²) >= 11 is 0. The van der Waals surface area contributed by atoms with Gasteiger partial charge in [-0.25, -0.2) is 0 Å². The quantitative estimate of drug-likeness (QED) is 0.615. The number of ketones is 1. The van der Waals surface area contributed by atoms with Gasteiger partial charge >= 0.3 is 0 Å². The van der Waals surface area contributed by atoms with Gasteiger partial charge in [0.1, 0.15) is 0 Å². The van der Waals surface area contributed by atoms with E-state index in [4.69, 9.17) is 0 Å². The molecule has 0 aromatic heterocycles. The van der Waals surface area contributed by atoms with Gasteiger partial charge in [0.2, 0.25) is 0 Å². The Balaban J connectivity index is 2.25. The van der Waals surface area contributed by atoms with Crippen molar-refractivity contribution in [2.75, 3.05) is 6.54 Å². The zero-order valence-electron chi connectivity index (χ0n) is 8.84. The maximum absolute atomic E-state index is 11.4. The topological polar surface area (TPSA) is 29.4 Å². The van der Waals surface area contributed by atoms with E-state index in [0.717, 1.165) is 0 Å². The van der Waals surface area contributed by atoms with E-state index in [0.29, 0.717) is 12.5 Å². The van der Waals surface area contributed by atoms with Crippen molar-refractivity contribution in [3.05, 3.63) is 0 Å². The molecule has 0 aromatic rings. The lowest BCUT2D eigenvalue weighted by atomic mass is 9.86. The van der Waals surface area contributed by atoms with Crippen LogP contribution in [0.4, 0.5) is 0 Å². The smallest absolute Gasteiger partial charge is 0.159 e. The number of hydrogen-bond acceptors (Lipinski definition) is 2. The summed E-state index contributed by atoms with van der Waals surface area (Å²) in [7, 11) is 0. The van der Waals surface area contributed by atoms with E-state index in [1.807, 2.05) is 27.0 Å². The fourth-order valence-electron chi connectivity index (χ4n) is 1.11. The number of aliphatic imine (C=N–C) groups is 1. The van der Waals surface area contributed by atoms with Gasteiger partial charge in [0, 0.05) is 11.6 Å². The highest BCUT2D eigenvalue weighted by atomic mass is 16.1. The van der Waals surface area contributed by atoms with Crippen LogP contribution in [0, 0.1) is 11.3 Å². The summed E-state index contributed by atoms with van der Waals surface area (Å²) in [6, 6.07) is 0. The summed E-state index contributed by atoms with van der Waals surface area (Å²) in [6.07, 6.45) is 5.80. The maximum atomic E-state index is 11.4. The van der Waals surface area contributed by atoms with Gasteiger partial charge in [0.15, 0.2) is 5.78 Å². The molecule has 2 heteroatoms. The van der Waals surface area contributed by atoms with Crippen LogP contribution < -0.4 is 0 Å². The minimum absolute atomic E-state index is 0.225. The molecule has 1 aliphatic carbocycles. The van der Waals surface area contributed by atoms with E-state index in [2.05, 4.69) is 4.99 Å². The normalized spacial score (nSPS) is 19.0. The molecular weight excluding hydrogens is 162 g/mol. The van der Waals surface area contributed by atoms with Gasteiger partial charge in [-0.05, 0) is 18.8 Å². The Hall–Kier alpha value is -0.660. The van der Waals surface area contributed by atoms with Gasteiger partial charge in [-0.2, -0.15) is 0 Å². The molecule has 1 saturated carbocycles. The first-order chi connectivity index (χ1) is 6.00. The van der Waals surface area contributed by atoms with Crippen LogP contribution in [0.1, 0.15) is 40.0 Å². The van der Waals surface area contributed by atoms with Crippen molar-refractivity contribution < 1.29 is 4.79 Å². The lowest BCUT2D eigenvalue weighted by molar-refractivity contribution is -0.124. The van der Waals surface area contributed by atoms with E-state index in [1.54, 1.807) is 0 Å². The van der Waals surface area contributed by atoms with Crippen LogP contribution in [0.15, 0.2) is 4.99 Å². The maximum Gasteiger partial charge on any atom is 0.159 e. The number of carbonyl (C=O) groups excluding carboxylic acids is 1. The van der Waals surface area contributed by atoms with Gasteiger partial charge in [-0.1, -0.05) is 27.2 Å². The SMILES string of the molecule is CC(C)(C)C(=O)C/N=C/C1CCC1.